The SMILES string of the molecule is CCCCCCCc1c(C(C)(c2ccccc2)c2ccccc2)ccc(S)c1OC(=O)CCC. The Labute approximate surface area is 211 Å². The van der Waals surface area contributed by atoms with Crippen LogP contribution in [0.3, 0.4) is 0 Å². The summed E-state index contributed by atoms with van der Waals surface area (Å²) in [5, 5.41) is 0. The van der Waals surface area contributed by atoms with E-state index in [0.717, 1.165) is 29.7 Å². The van der Waals surface area contributed by atoms with Crippen LogP contribution in [0, 0.1) is 0 Å². The zero-order valence-corrected chi connectivity index (χ0v) is 21.7. The van der Waals surface area contributed by atoms with E-state index in [9.17, 15) is 4.79 Å². The van der Waals surface area contributed by atoms with Gasteiger partial charge in [0.15, 0.2) is 0 Å². The summed E-state index contributed by atoms with van der Waals surface area (Å²) < 4.78 is 5.99. The second kappa shape index (κ2) is 12.8. The standard InChI is InChI=1S/C31H38O2S/c1-4-6-7-8-15-21-26-27(22-23-28(34)30(26)33-29(32)16-5-2)31(3,24-17-11-9-12-18-24)25-19-13-10-14-20-25/h9-14,17-20,22-23,34H,4-8,15-16,21H2,1-3H3. The van der Waals surface area contributed by atoms with Crippen LogP contribution in [0.15, 0.2) is 77.7 Å². The van der Waals surface area contributed by atoms with E-state index in [1.54, 1.807) is 0 Å². The van der Waals surface area contributed by atoms with E-state index in [-0.39, 0.29) is 5.97 Å². The molecule has 0 radical (unpaired) electrons. The maximum Gasteiger partial charge on any atom is 0.311 e. The molecule has 0 aromatic heterocycles. The highest BCUT2D eigenvalue weighted by atomic mass is 32.1. The summed E-state index contributed by atoms with van der Waals surface area (Å²) in [5.41, 5.74) is 4.31. The van der Waals surface area contributed by atoms with Crippen LogP contribution in [-0.4, -0.2) is 5.97 Å². The summed E-state index contributed by atoms with van der Waals surface area (Å²) in [4.78, 5) is 13.3. The highest BCUT2D eigenvalue weighted by Gasteiger charge is 2.34. The molecule has 0 aliphatic rings. The highest BCUT2D eigenvalue weighted by Crippen LogP contribution is 2.44. The Kier molecular flexibility index (Phi) is 9.83. The number of benzene rings is 3. The Bertz CT molecular complexity index is 1000. The summed E-state index contributed by atoms with van der Waals surface area (Å²) in [6.07, 6.45) is 7.95. The molecule has 180 valence electrons. The van der Waals surface area contributed by atoms with Crippen LogP contribution in [-0.2, 0) is 16.6 Å². The van der Waals surface area contributed by atoms with Gasteiger partial charge in [-0.05, 0) is 48.9 Å². The van der Waals surface area contributed by atoms with E-state index < -0.39 is 5.41 Å². The number of hydrogen-bond acceptors (Lipinski definition) is 3. The quantitative estimate of drug-likeness (QED) is 0.0935. The Balaban J connectivity index is 2.17. The van der Waals surface area contributed by atoms with Gasteiger partial charge in [-0.25, -0.2) is 0 Å². The molecule has 0 saturated heterocycles. The molecule has 3 heteroatoms. The molecule has 0 fully saturated rings. The average Bonchev–Trinajstić information content (AvgIpc) is 2.86. The van der Waals surface area contributed by atoms with Crippen LogP contribution in [0.2, 0.25) is 0 Å². The van der Waals surface area contributed by atoms with Crippen molar-refractivity contribution in [2.45, 2.75) is 82.4 Å². The molecule has 0 unspecified atom stereocenters. The number of thiol groups is 1. The minimum atomic E-state index is -0.394. The van der Waals surface area contributed by atoms with Crippen LogP contribution < -0.4 is 4.74 Å². The first kappa shape index (κ1) is 26.1. The Morgan fingerprint density at radius 3 is 1.94 bits per heavy atom. The van der Waals surface area contributed by atoms with E-state index in [4.69, 9.17) is 17.4 Å². The van der Waals surface area contributed by atoms with Crippen molar-refractivity contribution >= 4 is 18.6 Å². The first-order valence-electron chi connectivity index (χ1n) is 12.7. The zero-order valence-electron chi connectivity index (χ0n) is 20.8. The molecule has 0 saturated carbocycles. The molecule has 0 heterocycles. The number of esters is 1. The lowest BCUT2D eigenvalue weighted by Crippen LogP contribution is -2.27. The number of unbranched alkanes of at least 4 members (excludes halogenated alkanes) is 4. The lowest BCUT2D eigenvalue weighted by Gasteiger charge is -2.34. The second-order valence-electron chi connectivity index (χ2n) is 9.19. The third-order valence-corrected chi connectivity index (χ3v) is 7.03. The number of rotatable bonds is 12. The van der Waals surface area contributed by atoms with E-state index in [2.05, 4.69) is 80.6 Å². The number of hydrogen-bond donors (Lipinski definition) is 1. The first-order chi connectivity index (χ1) is 16.5. The van der Waals surface area contributed by atoms with Crippen molar-refractivity contribution in [3.63, 3.8) is 0 Å². The van der Waals surface area contributed by atoms with Gasteiger partial charge in [0.25, 0.3) is 0 Å². The summed E-state index contributed by atoms with van der Waals surface area (Å²) >= 11 is 4.73. The van der Waals surface area contributed by atoms with Gasteiger partial charge in [0, 0.05) is 22.3 Å². The largest absolute Gasteiger partial charge is 0.425 e. The van der Waals surface area contributed by atoms with Crippen LogP contribution in [0.1, 0.15) is 88.0 Å². The molecule has 34 heavy (non-hydrogen) atoms. The van der Waals surface area contributed by atoms with E-state index in [0.29, 0.717) is 12.2 Å². The van der Waals surface area contributed by atoms with E-state index >= 15 is 0 Å². The number of carbonyl (C=O) groups is 1. The third-order valence-electron chi connectivity index (χ3n) is 6.68. The topological polar surface area (TPSA) is 26.3 Å². The third kappa shape index (κ3) is 6.13. The van der Waals surface area contributed by atoms with Gasteiger partial charge < -0.3 is 4.74 Å². The number of carbonyl (C=O) groups excluding carboxylic acids is 1. The molecule has 0 bridgehead atoms. The molecular formula is C31H38O2S. The molecule has 0 spiro atoms. The monoisotopic (exact) mass is 474 g/mol. The predicted molar refractivity (Wildman–Crippen MR) is 145 cm³/mol. The fraction of sp³-hybridized carbons (Fsp3) is 0.387. The lowest BCUT2D eigenvalue weighted by atomic mass is 9.69. The van der Waals surface area contributed by atoms with Gasteiger partial charge in [-0.2, -0.15) is 0 Å². The predicted octanol–water partition coefficient (Wildman–Crippen LogP) is 8.55. The molecule has 0 N–H and O–H groups in total. The van der Waals surface area contributed by atoms with Crippen LogP contribution >= 0.6 is 12.6 Å². The molecule has 0 aliphatic heterocycles. The Hall–Kier alpha value is -2.52. The number of ether oxygens (including phenoxy) is 1. The molecule has 3 rings (SSSR count). The van der Waals surface area contributed by atoms with Gasteiger partial charge in [-0.1, -0.05) is 106 Å². The van der Waals surface area contributed by atoms with Crippen LogP contribution in [0.4, 0.5) is 0 Å². The average molecular weight is 475 g/mol. The minimum absolute atomic E-state index is 0.191. The summed E-state index contributed by atoms with van der Waals surface area (Å²) in [6, 6.07) is 25.4. The molecule has 0 atom stereocenters. The fourth-order valence-electron chi connectivity index (χ4n) is 4.74. The van der Waals surface area contributed by atoms with Crippen LogP contribution in [0.25, 0.3) is 0 Å². The maximum absolute atomic E-state index is 12.6. The second-order valence-corrected chi connectivity index (χ2v) is 9.67. The van der Waals surface area contributed by atoms with Gasteiger partial charge in [0.05, 0.1) is 0 Å². The van der Waals surface area contributed by atoms with Gasteiger partial charge in [0.2, 0.25) is 0 Å². The molecule has 0 amide bonds. The minimum Gasteiger partial charge on any atom is -0.425 e. The van der Waals surface area contributed by atoms with E-state index in [1.807, 2.05) is 13.0 Å². The van der Waals surface area contributed by atoms with E-state index in [1.165, 1.54) is 42.4 Å². The first-order valence-corrected chi connectivity index (χ1v) is 13.1. The molecule has 3 aromatic rings. The van der Waals surface area contributed by atoms with Crippen molar-refractivity contribution in [1.29, 1.82) is 0 Å². The molecule has 2 nitrogen and oxygen atoms in total. The summed E-state index contributed by atoms with van der Waals surface area (Å²) in [7, 11) is 0. The van der Waals surface area contributed by atoms with Crippen molar-refractivity contribution in [2.75, 3.05) is 0 Å². The highest BCUT2D eigenvalue weighted by molar-refractivity contribution is 7.80. The lowest BCUT2D eigenvalue weighted by molar-refractivity contribution is -0.134. The van der Waals surface area contributed by atoms with Crippen LogP contribution in [0.5, 0.6) is 5.75 Å². The van der Waals surface area contributed by atoms with Gasteiger partial charge in [0.1, 0.15) is 5.75 Å². The van der Waals surface area contributed by atoms with Crippen molar-refractivity contribution in [3.05, 3.63) is 95.1 Å². The summed E-state index contributed by atoms with van der Waals surface area (Å²) in [5.74, 6) is 0.441. The van der Waals surface area contributed by atoms with Gasteiger partial charge in [-0.15, -0.1) is 12.6 Å². The smallest absolute Gasteiger partial charge is 0.311 e. The maximum atomic E-state index is 12.6. The molecule has 0 aliphatic carbocycles. The normalized spacial score (nSPS) is 11.4. The Morgan fingerprint density at radius 1 is 0.794 bits per heavy atom. The van der Waals surface area contributed by atoms with Crippen molar-refractivity contribution in [2.24, 2.45) is 0 Å². The van der Waals surface area contributed by atoms with Crippen molar-refractivity contribution < 1.29 is 9.53 Å². The van der Waals surface area contributed by atoms with Crippen molar-refractivity contribution in [1.82, 2.24) is 0 Å². The van der Waals surface area contributed by atoms with Gasteiger partial charge in [-0.3, -0.25) is 4.79 Å². The van der Waals surface area contributed by atoms with Gasteiger partial charge >= 0.3 is 5.97 Å². The Morgan fingerprint density at radius 2 is 1.38 bits per heavy atom. The molecule has 3 aromatic carbocycles. The molecular weight excluding hydrogens is 436 g/mol. The summed E-state index contributed by atoms with van der Waals surface area (Å²) in [6.45, 7) is 6.51. The zero-order chi connectivity index (χ0) is 24.4. The van der Waals surface area contributed by atoms with Crippen molar-refractivity contribution in [3.8, 4) is 5.75 Å². The fourth-order valence-corrected chi connectivity index (χ4v) is 5.00.